The van der Waals surface area contributed by atoms with E-state index in [2.05, 4.69) is 10.0 Å². The van der Waals surface area contributed by atoms with Crippen molar-refractivity contribution in [2.24, 2.45) is 5.92 Å². The monoisotopic (exact) mass is 462 g/mol. The summed E-state index contributed by atoms with van der Waals surface area (Å²) in [4.78, 5) is 23.9. The first kappa shape index (κ1) is 23.0. The maximum atomic E-state index is 12.7. The third kappa shape index (κ3) is 5.33. The third-order valence-corrected chi connectivity index (χ3v) is 6.74. The number of hydrogen-bond acceptors (Lipinski definition) is 4. The van der Waals surface area contributed by atoms with E-state index in [-0.39, 0.29) is 17.2 Å². The van der Waals surface area contributed by atoms with Crippen LogP contribution < -0.4 is 10.0 Å². The second-order valence-corrected chi connectivity index (χ2v) is 9.79. The number of nitrogens with one attached hydrogen (secondary N) is 2. The van der Waals surface area contributed by atoms with Crippen molar-refractivity contribution in [2.45, 2.75) is 37.2 Å². The van der Waals surface area contributed by atoms with Gasteiger partial charge in [-0.3, -0.25) is 4.79 Å². The highest BCUT2D eigenvalue weighted by atomic mass is 35.5. The highest BCUT2D eigenvalue weighted by Gasteiger charge is 2.27. The standard InChI is InChI=1S/C22H23ClN2O5S/c1-13(2)21(22(27)28)24-20(26)12-14-4-3-5-18-17(14)10-11-19(18)25-31(29,30)16-8-6-15(23)7-9-16/h3-11,13,19,21,25H,12H2,1-2H3,(H,24,26)(H,27,28)/t19?,21-/m1/s1. The largest absolute Gasteiger partial charge is 0.480 e. The summed E-state index contributed by atoms with van der Waals surface area (Å²) in [6.45, 7) is 3.44. The van der Waals surface area contributed by atoms with Crippen molar-refractivity contribution in [3.63, 3.8) is 0 Å². The van der Waals surface area contributed by atoms with Crippen LogP contribution in [0.3, 0.4) is 0 Å². The van der Waals surface area contributed by atoms with Crippen LogP contribution in [0.2, 0.25) is 5.02 Å². The van der Waals surface area contributed by atoms with Crippen molar-refractivity contribution in [2.75, 3.05) is 0 Å². The highest BCUT2D eigenvalue weighted by Crippen LogP contribution is 2.32. The Morgan fingerprint density at radius 1 is 1.13 bits per heavy atom. The second-order valence-electron chi connectivity index (χ2n) is 7.64. The van der Waals surface area contributed by atoms with Crippen LogP contribution in [0.25, 0.3) is 6.08 Å². The van der Waals surface area contributed by atoms with Gasteiger partial charge in [-0.25, -0.2) is 13.2 Å². The molecule has 3 N–H and O–H groups in total. The predicted octanol–water partition coefficient (Wildman–Crippen LogP) is 3.15. The minimum atomic E-state index is -3.78. The number of amides is 1. The summed E-state index contributed by atoms with van der Waals surface area (Å²) >= 11 is 5.83. The molecule has 3 rings (SSSR count). The summed E-state index contributed by atoms with van der Waals surface area (Å²) in [6, 6.07) is 9.62. The molecule has 0 heterocycles. The Morgan fingerprint density at radius 2 is 1.81 bits per heavy atom. The molecule has 0 spiro atoms. The van der Waals surface area contributed by atoms with Crippen molar-refractivity contribution in [3.8, 4) is 0 Å². The minimum absolute atomic E-state index is 0.0132. The Bertz CT molecular complexity index is 1130. The molecule has 1 aliphatic carbocycles. The molecule has 0 saturated heterocycles. The highest BCUT2D eigenvalue weighted by molar-refractivity contribution is 7.89. The van der Waals surface area contributed by atoms with Gasteiger partial charge in [-0.05, 0) is 46.9 Å². The summed E-state index contributed by atoms with van der Waals surface area (Å²) < 4.78 is 28.1. The topological polar surface area (TPSA) is 113 Å². The molecule has 2 atom stereocenters. The fourth-order valence-corrected chi connectivity index (χ4v) is 4.72. The first-order valence-corrected chi connectivity index (χ1v) is 11.5. The van der Waals surface area contributed by atoms with Crippen molar-refractivity contribution in [1.82, 2.24) is 10.0 Å². The van der Waals surface area contributed by atoms with Crippen LogP contribution in [0.1, 0.15) is 36.6 Å². The van der Waals surface area contributed by atoms with E-state index >= 15 is 0 Å². The molecule has 1 amide bonds. The van der Waals surface area contributed by atoms with Crippen LogP contribution >= 0.6 is 11.6 Å². The molecule has 2 aromatic rings. The second kappa shape index (κ2) is 9.21. The van der Waals surface area contributed by atoms with Gasteiger partial charge in [-0.1, -0.05) is 55.8 Å². The quantitative estimate of drug-likeness (QED) is 0.557. The number of carboxylic acid groups (broad SMARTS) is 1. The average Bonchev–Trinajstić information content (AvgIpc) is 3.09. The molecule has 0 aromatic heterocycles. The Hall–Kier alpha value is -2.68. The lowest BCUT2D eigenvalue weighted by Gasteiger charge is -2.19. The Morgan fingerprint density at radius 3 is 2.42 bits per heavy atom. The molecule has 1 aliphatic rings. The molecule has 2 aromatic carbocycles. The minimum Gasteiger partial charge on any atom is -0.480 e. The molecule has 9 heteroatoms. The number of halogens is 1. The van der Waals surface area contributed by atoms with E-state index < -0.39 is 34.0 Å². The van der Waals surface area contributed by atoms with Crippen molar-refractivity contribution in [3.05, 3.63) is 70.3 Å². The number of sulfonamides is 1. The number of aliphatic carboxylic acids is 1. The van der Waals surface area contributed by atoms with E-state index in [1.807, 2.05) is 0 Å². The molecule has 7 nitrogen and oxygen atoms in total. The zero-order valence-electron chi connectivity index (χ0n) is 17.0. The van der Waals surface area contributed by atoms with Gasteiger partial charge in [0.25, 0.3) is 0 Å². The van der Waals surface area contributed by atoms with Gasteiger partial charge in [0.05, 0.1) is 17.4 Å². The van der Waals surface area contributed by atoms with Crippen LogP contribution in [0.5, 0.6) is 0 Å². The van der Waals surface area contributed by atoms with Gasteiger partial charge in [-0.2, -0.15) is 4.72 Å². The number of carboxylic acids is 1. The maximum absolute atomic E-state index is 12.7. The maximum Gasteiger partial charge on any atom is 0.326 e. The van der Waals surface area contributed by atoms with E-state index in [0.29, 0.717) is 10.6 Å². The Kier molecular flexibility index (Phi) is 6.83. The summed E-state index contributed by atoms with van der Waals surface area (Å²) in [5, 5.41) is 12.3. The molecule has 0 aliphatic heterocycles. The molecule has 0 radical (unpaired) electrons. The summed E-state index contributed by atoms with van der Waals surface area (Å²) in [5.41, 5.74) is 2.16. The van der Waals surface area contributed by atoms with E-state index in [1.54, 1.807) is 44.2 Å². The Labute approximate surface area is 186 Å². The zero-order chi connectivity index (χ0) is 22.8. The number of rotatable bonds is 8. The first-order valence-electron chi connectivity index (χ1n) is 9.68. The van der Waals surface area contributed by atoms with Crippen molar-refractivity contribution >= 4 is 39.6 Å². The molecular weight excluding hydrogens is 440 g/mol. The fraction of sp³-hybridized carbons (Fsp3) is 0.273. The van der Waals surface area contributed by atoms with Gasteiger partial charge in [0.1, 0.15) is 6.04 Å². The van der Waals surface area contributed by atoms with Gasteiger partial charge >= 0.3 is 5.97 Å². The van der Waals surface area contributed by atoms with Crippen LogP contribution in [-0.2, 0) is 26.0 Å². The smallest absolute Gasteiger partial charge is 0.326 e. The van der Waals surface area contributed by atoms with Crippen LogP contribution in [-0.4, -0.2) is 31.4 Å². The van der Waals surface area contributed by atoms with Gasteiger partial charge < -0.3 is 10.4 Å². The molecule has 0 saturated carbocycles. The molecule has 0 fully saturated rings. The number of carbonyl (C=O) groups excluding carboxylic acids is 1. The summed E-state index contributed by atoms with van der Waals surface area (Å²) in [6.07, 6.45) is 3.47. The van der Waals surface area contributed by atoms with E-state index in [0.717, 1.165) is 11.1 Å². The normalized spacial score (nSPS) is 16.2. The lowest BCUT2D eigenvalue weighted by Crippen LogP contribution is -2.44. The Balaban J connectivity index is 1.77. The molecule has 164 valence electrons. The molecular formula is C22H23ClN2O5S. The lowest BCUT2D eigenvalue weighted by atomic mass is 9.98. The SMILES string of the molecule is CC(C)[C@@H](NC(=O)Cc1cccc2c1C=CC2NS(=O)(=O)c1ccc(Cl)cc1)C(=O)O. The lowest BCUT2D eigenvalue weighted by molar-refractivity contribution is -0.143. The average molecular weight is 463 g/mol. The molecule has 31 heavy (non-hydrogen) atoms. The van der Waals surface area contributed by atoms with Gasteiger partial charge in [0.2, 0.25) is 15.9 Å². The van der Waals surface area contributed by atoms with Gasteiger partial charge in [0, 0.05) is 5.02 Å². The first-order chi connectivity index (χ1) is 14.6. The van der Waals surface area contributed by atoms with Crippen molar-refractivity contribution in [1.29, 1.82) is 0 Å². The predicted molar refractivity (Wildman–Crippen MR) is 118 cm³/mol. The van der Waals surface area contributed by atoms with E-state index in [1.165, 1.54) is 24.3 Å². The fourth-order valence-electron chi connectivity index (χ4n) is 3.42. The van der Waals surface area contributed by atoms with Gasteiger partial charge in [-0.15, -0.1) is 0 Å². The number of benzene rings is 2. The van der Waals surface area contributed by atoms with Crippen LogP contribution in [0.15, 0.2) is 53.4 Å². The summed E-state index contributed by atoms with van der Waals surface area (Å²) in [5.74, 6) is -1.75. The third-order valence-electron chi connectivity index (χ3n) is 5.03. The van der Waals surface area contributed by atoms with Crippen LogP contribution in [0.4, 0.5) is 0 Å². The number of fused-ring (bicyclic) bond motifs is 1. The number of carbonyl (C=O) groups is 2. The summed E-state index contributed by atoms with van der Waals surface area (Å²) in [7, 11) is -3.78. The van der Waals surface area contributed by atoms with E-state index in [9.17, 15) is 23.1 Å². The zero-order valence-corrected chi connectivity index (χ0v) is 18.6. The van der Waals surface area contributed by atoms with Gasteiger partial charge in [0.15, 0.2) is 0 Å². The number of hydrogen-bond donors (Lipinski definition) is 3. The van der Waals surface area contributed by atoms with Crippen molar-refractivity contribution < 1.29 is 23.1 Å². The van der Waals surface area contributed by atoms with E-state index in [4.69, 9.17) is 11.6 Å². The molecule has 1 unspecified atom stereocenters. The van der Waals surface area contributed by atoms with Crippen LogP contribution in [0, 0.1) is 5.92 Å². The molecule has 0 bridgehead atoms.